The molecule has 3 aromatic rings. The van der Waals surface area contributed by atoms with Crippen molar-refractivity contribution in [3.8, 4) is 17.3 Å². The lowest BCUT2D eigenvalue weighted by molar-refractivity contribution is -0.244. The van der Waals surface area contributed by atoms with Gasteiger partial charge in [-0.25, -0.2) is 8.42 Å². The number of anilines is 1. The minimum Gasteiger partial charge on any atom is -0.388 e. The monoisotopic (exact) mass is 594 g/mol. The molecule has 0 bridgehead atoms. The van der Waals surface area contributed by atoms with E-state index in [0.29, 0.717) is 12.1 Å². The first kappa shape index (κ1) is 30.2. The minimum absolute atomic E-state index is 0.193. The lowest BCUT2D eigenvalue weighted by atomic mass is 9.96. The molecule has 1 aromatic heterocycles. The fourth-order valence-corrected chi connectivity index (χ4v) is 7.39. The maximum atomic E-state index is 13.3. The summed E-state index contributed by atoms with van der Waals surface area (Å²) in [6, 6.07) is 16.6. The van der Waals surface area contributed by atoms with Crippen molar-refractivity contribution in [2.75, 3.05) is 18.0 Å². The first-order valence-electron chi connectivity index (χ1n) is 14.3. The Labute approximate surface area is 246 Å². The highest BCUT2D eigenvalue weighted by Crippen LogP contribution is 2.32. The van der Waals surface area contributed by atoms with E-state index in [-0.39, 0.29) is 5.57 Å². The van der Waals surface area contributed by atoms with Crippen molar-refractivity contribution in [3.63, 3.8) is 0 Å². The Balaban J connectivity index is 1.42. The number of nitriles is 1. The van der Waals surface area contributed by atoms with Crippen molar-refractivity contribution in [3.05, 3.63) is 59.1 Å². The van der Waals surface area contributed by atoms with Crippen LogP contribution in [0.3, 0.4) is 0 Å². The fraction of sp³-hybridized carbons (Fsp3) is 0.452. The number of hydrogen-bond acceptors (Lipinski definition) is 8. The van der Waals surface area contributed by atoms with Crippen molar-refractivity contribution in [1.82, 2.24) is 9.29 Å². The van der Waals surface area contributed by atoms with Gasteiger partial charge in [0, 0.05) is 42.8 Å². The number of piperidine rings is 1. The zero-order valence-electron chi connectivity index (χ0n) is 24.1. The molecule has 2 saturated heterocycles. The molecule has 11 heteroatoms. The molecular weight excluding hydrogens is 556 g/mol. The standard InChI is InChI=1S/C31H38N4O6S/c1-4-26-29(36)30(37)28(31(38)41-26)33-42(39,40)27(18-32)19(2)24-12-13-25(34(24)3)22-9-8-21-17-23(11-10-20(21)16-22)35-14-6-5-7-15-35/h8-13,16-17,26,28-31,33,36-38H,4-7,14-15H2,1-3H3/b27-19+/t26-,28-,29-,30-,31?/m1/s1. The molecule has 0 aliphatic carbocycles. The smallest absolute Gasteiger partial charge is 0.251 e. The zero-order chi connectivity index (χ0) is 30.2. The van der Waals surface area contributed by atoms with Gasteiger partial charge in [0.25, 0.3) is 10.0 Å². The molecule has 4 N–H and O–H groups in total. The van der Waals surface area contributed by atoms with Crippen LogP contribution in [0.15, 0.2) is 53.4 Å². The van der Waals surface area contributed by atoms with Crippen molar-refractivity contribution in [1.29, 1.82) is 5.26 Å². The van der Waals surface area contributed by atoms with E-state index < -0.39 is 45.6 Å². The van der Waals surface area contributed by atoms with Crippen LogP contribution in [0.1, 0.15) is 45.2 Å². The van der Waals surface area contributed by atoms with Crippen LogP contribution in [-0.2, 0) is 21.8 Å². The van der Waals surface area contributed by atoms with Crippen molar-refractivity contribution >= 4 is 32.1 Å². The summed E-state index contributed by atoms with van der Waals surface area (Å²) in [6.07, 6.45) is -1.56. The molecule has 0 radical (unpaired) electrons. The highest BCUT2D eigenvalue weighted by molar-refractivity contribution is 7.93. The average molecular weight is 595 g/mol. The summed E-state index contributed by atoms with van der Waals surface area (Å²) in [6.45, 7) is 5.40. The Kier molecular flexibility index (Phi) is 8.76. The lowest BCUT2D eigenvalue weighted by Gasteiger charge is -2.40. The van der Waals surface area contributed by atoms with Crippen molar-refractivity contribution < 1.29 is 28.5 Å². The predicted molar refractivity (Wildman–Crippen MR) is 162 cm³/mol. The molecule has 42 heavy (non-hydrogen) atoms. The summed E-state index contributed by atoms with van der Waals surface area (Å²) < 4.78 is 35.9. The lowest BCUT2D eigenvalue weighted by Crippen LogP contribution is -2.63. The molecular formula is C31H38N4O6S. The Hall–Kier alpha value is -3.24. The number of ether oxygens (including phenoxy) is 1. The van der Waals surface area contributed by atoms with Gasteiger partial charge in [0.05, 0.1) is 6.10 Å². The third-order valence-electron chi connectivity index (χ3n) is 8.47. The number of benzene rings is 2. The van der Waals surface area contributed by atoms with E-state index in [2.05, 4.69) is 40.0 Å². The first-order valence-corrected chi connectivity index (χ1v) is 15.8. The molecule has 2 aliphatic heterocycles. The van der Waals surface area contributed by atoms with Crippen LogP contribution in [0.2, 0.25) is 0 Å². The number of nitrogens with one attached hydrogen (secondary N) is 1. The molecule has 10 nitrogen and oxygen atoms in total. The van der Waals surface area contributed by atoms with Crippen LogP contribution in [0.25, 0.3) is 27.6 Å². The maximum absolute atomic E-state index is 13.3. The van der Waals surface area contributed by atoms with Crippen LogP contribution >= 0.6 is 0 Å². The van der Waals surface area contributed by atoms with E-state index >= 15 is 0 Å². The Bertz CT molecular complexity index is 1640. The number of aliphatic hydroxyl groups excluding tert-OH is 3. The van der Waals surface area contributed by atoms with E-state index in [1.165, 1.54) is 31.9 Å². The second kappa shape index (κ2) is 12.2. The average Bonchev–Trinajstić information content (AvgIpc) is 3.38. The van der Waals surface area contributed by atoms with Gasteiger partial charge in [-0.05, 0) is 79.3 Å². The Morgan fingerprint density at radius 3 is 2.40 bits per heavy atom. The summed E-state index contributed by atoms with van der Waals surface area (Å²) in [5.74, 6) is 0. The number of allylic oxidation sites excluding steroid dienone is 2. The summed E-state index contributed by atoms with van der Waals surface area (Å²) >= 11 is 0. The quantitative estimate of drug-likeness (QED) is 0.305. The van der Waals surface area contributed by atoms with E-state index in [1.54, 1.807) is 26.1 Å². The Morgan fingerprint density at radius 1 is 1.02 bits per heavy atom. The van der Waals surface area contributed by atoms with E-state index in [4.69, 9.17) is 4.74 Å². The SMILES string of the molecule is CC[C@H]1OC(O)[C@H](NS(=O)(=O)/C(C#N)=C(\C)c2ccc(-c3ccc4cc(N5CCCCC5)ccc4c3)n2C)[C@@H](O)[C@@H]1O. The summed E-state index contributed by atoms with van der Waals surface area (Å²) in [7, 11) is -2.71. The molecule has 0 spiro atoms. The molecule has 5 rings (SSSR count). The van der Waals surface area contributed by atoms with Gasteiger partial charge in [0.1, 0.15) is 24.3 Å². The largest absolute Gasteiger partial charge is 0.388 e. The fourth-order valence-electron chi connectivity index (χ4n) is 6.03. The van der Waals surface area contributed by atoms with Crippen LogP contribution in [0.4, 0.5) is 5.69 Å². The van der Waals surface area contributed by atoms with Gasteiger partial charge < -0.3 is 29.5 Å². The molecule has 0 saturated carbocycles. The number of nitrogens with zero attached hydrogens (tertiary/aromatic N) is 3. The van der Waals surface area contributed by atoms with Gasteiger partial charge in [-0.3, -0.25) is 0 Å². The second-order valence-corrected chi connectivity index (χ2v) is 12.8. The highest BCUT2D eigenvalue weighted by atomic mass is 32.2. The molecule has 1 unspecified atom stereocenters. The van der Waals surface area contributed by atoms with E-state index in [0.717, 1.165) is 35.1 Å². The first-order chi connectivity index (χ1) is 20.1. The van der Waals surface area contributed by atoms with Gasteiger partial charge in [-0.15, -0.1) is 0 Å². The van der Waals surface area contributed by atoms with Crippen LogP contribution in [0.5, 0.6) is 0 Å². The molecule has 224 valence electrons. The van der Waals surface area contributed by atoms with Gasteiger partial charge in [-0.2, -0.15) is 9.98 Å². The molecule has 0 amide bonds. The highest BCUT2D eigenvalue weighted by Gasteiger charge is 2.45. The van der Waals surface area contributed by atoms with Crippen molar-refractivity contribution in [2.24, 2.45) is 7.05 Å². The number of hydrogen-bond donors (Lipinski definition) is 4. The summed E-state index contributed by atoms with van der Waals surface area (Å²) in [5.41, 5.74) is 3.72. The van der Waals surface area contributed by atoms with Crippen LogP contribution in [-0.4, -0.2) is 72.0 Å². The van der Waals surface area contributed by atoms with Gasteiger partial charge >= 0.3 is 0 Å². The normalized spacial score (nSPS) is 25.7. The Morgan fingerprint density at radius 2 is 1.71 bits per heavy atom. The van der Waals surface area contributed by atoms with Crippen molar-refractivity contribution in [2.45, 2.75) is 70.2 Å². The molecule has 2 fully saturated rings. The molecule has 2 aliphatic rings. The molecule has 5 atom stereocenters. The van der Waals surface area contributed by atoms with E-state index in [9.17, 15) is 29.0 Å². The third-order valence-corrected chi connectivity index (χ3v) is 9.99. The number of fused-ring (bicyclic) bond motifs is 1. The van der Waals surface area contributed by atoms with Gasteiger partial charge in [0.15, 0.2) is 11.2 Å². The number of aromatic nitrogens is 1. The minimum atomic E-state index is -4.51. The second-order valence-electron chi connectivity index (χ2n) is 11.1. The number of aliphatic hydroxyl groups is 3. The van der Waals surface area contributed by atoms with Crippen LogP contribution < -0.4 is 9.62 Å². The van der Waals surface area contributed by atoms with E-state index in [1.807, 2.05) is 16.7 Å². The van der Waals surface area contributed by atoms with Crippen LogP contribution in [0, 0.1) is 11.3 Å². The van der Waals surface area contributed by atoms with Gasteiger partial charge in [0.2, 0.25) is 0 Å². The molecule has 3 heterocycles. The predicted octanol–water partition coefficient (Wildman–Crippen LogP) is 3.23. The maximum Gasteiger partial charge on any atom is 0.251 e. The summed E-state index contributed by atoms with van der Waals surface area (Å²) in [4.78, 5) is 1.86. The molecule has 2 aromatic carbocycles. The number of rotatable bonds is 7. The number of sulfonamides is 1. The summed E-state index contributed by atoms with van der Waals surface area (Å²) in [5, 5.41) is 43.2. The third kappa shape index (κ3) is 5.71. The topological polar surface area (TPSA) is 148 Å². The van der Waals surface area contributed by atoms with Gasteiger partial charge in [-0.1, -0.05) is 25.1 Å². The zero-order valence-corrected chi connectivity index (χ0v) is 24.9.